The maximum atomic E-state index is 12.5. The van der Waals surface area contributed by atoms with E-state index in [-0.39, 0.29) is 12.5 Å². The third-order valence-corrected chi connectivity index (χ3v) is 1.77. The van der Waals surface area contributed by atoms with E-state index in [9.17, 15) is 13.2 Å². The quantitative estimate of drug-likeness (QED) is 0.729. The van der Waals surface area contributed by atoms with Gasteiger partial charge >= 0.3 is 6.18 Å². The highest BCUT2D eigenvalue weighted by Gasteiger charge is 2.34. The van der Waals surface area contributed by atoms with Gasteiger partial charge in [0.2, 0.25) is 0 Å². The van der Waals surface area contributed by atoms with Gasteiger partial charge in [-0.25, -0.2) is 0 Å². The molecule has 84 valence electrons. The van der Waals surface area contributed by atoms with Crippen LogP contribution in [0, 0.1) is 6.92 Å². The Hall–Kier alpha value is -1.23. The molecule has 1 aromatic carbocycles. The molecule has 0 amide bonds. The van der Waals surface area contributed by atoms with E-state index in [1.807, 2.05) is 0 Å². The van der Waals surface area contributed by atoms with Crippen LogP contribution in [-0.2, 0) is 10.9 Å². The first-order chi connectivity index (χ1) is 6.95. The summed E-state index contributed by atoms with van der Waals surface area (Å²) in [6.07, 6.45) is -4.41. The van der Waals surface area contributed by atoms with Gasteiger partial charge in [0, 0.05) is 7.11 Å². The van der Waals surface area contributed by atoms with Gasteiger partial charge in [0.1, 0.15) is 5.75 Å². The standard InChI is InChI=1S/C10H11F3O2/c1-7-3-4-9(15-6-14-2)8(5-7)10(11,12)13/h3-5H,6H2,1-2H3. The van der Waals surface area contributed by atoms with E-state index >= 15 is 0 Å². The molecule has 1 aromatic rings. The molecular weight excluding hydrogens is 209 g/mol. The van der Waals surface area contributed by atoms with Crippen LogP contribution in [0.2, 0.25) is 0 Å². The Labute approximate surface area is 85.6 Å². The number of hydrogen-bond donors (Lipinski definition) is 0. The zero-order valence-corrected chi connectivity index (χ0v) is 8.39. The Balaban J connectivity index is 3.04. The lowest BCUT2D eigenvalue weighted by molar-refractivity contribution is -0.139. The molecule has 0 spiro atoms. The molecule has 0 saturated carbocycles. The first-order valence-corrected chi connectivity index (χ1v) is 4.24. The van der Waals surface area contributed by atoms with E-state index in [0.29, 0.717) is 5.56 Å². The van der Waals surface area contributed by atoms with Crippen LogP contribution in [0.15, 0.2) is 18.2 Å². The van der Waals surface area contributed by atoms with Crippen molar-refractivity contribution in [1.82, 2.24) is 0 Å². The van der Waals surface area contributed by atoms with Gasteiger partial charge < -0.3 is 9.47 Å². The number of benzene rings is 1. The van der Waals surface area contributed by atoms with Crippen LogP contribution in [0.4, 0.5) is 13.2 Å². The molecule has 0 unspecified atom stereocenters. The van der Waals surface area contributed by atoms with Gasteiger partial charge in [-0.15, -0.1) is 0 Å². The summed E-state index contributed by atoms with van der Waals surface area (Å²) >= 11 is 0. The van der Waals surface area contributed by atoms with Crippen molar-refractivity contribution in [2.75, 3.05) is 13.9 Å². The lowest BCUT2D eigenvalue weighted by Gasteiger charge is -2.13. The predicted molar refractivity (Wildman–Crippen MR) is 48.7 cm³/mol. The molecule has 5 heteroatoms. The van der Waals surface area contributed by atoms with Crippen LogP contribution in [0.25, 0.3) is 0 Å². The summed E-state index contributed by atoms with van der Waals surface area (Å²) in [6.45, 7) is 1.39. The second kappa shape index (κ2) is 4.53. The van der Waals surface area contributed by atoms with E-state index < -0.39 is 11.7 Å². The number of alkyl halides is 3. The third kappa shape index (κ3) is 3.13. The van der Waals surface area contributed by atoms with Gasteiger partial charge in [0.25, 0.3) is 0 Å². The molecule has 0 aliphatic heterocycles. The van der Waals surface area contributed by atoms with Crippen molar-refractivity contribution >= 4 is 0 Å². The number of ether oxygens (including phenoxy) is 2. The topological polar surface area (TPSA) is 18.5 Å². The summed E-state index contributed by atoms with van der Waals surface area (Å²) in [7, 11) is 1.35. The summed E-state index contributed by atoms with van der Waals surface area (Å²) < 4.78 is 47.0. The highest BCUT2D eigenvalue weighted by molar-refractivity contribution is 5.38. The molecule has 0 atom stereocenters. The number of hydrogen-bond acceptors (Lipinski definition) is 2. The molecule has 1 rings (SSSR count). The maximum Gasteiger partial charge on any atom is 0.419 e. The van der Waals surface area contributed by atoms with E-state index in [2.05, 4.69) is 4.74 Å². The second-order valence-electron chi connectivity index (χ2n) is 3.05. The number of aryl methyl sites for hydroxylation is 1. The third-order valence-electron chi connectivity index (χ3n) is 1.77. The molecule has 0 aliphatic carbocycles. The molecule has 0 aromatic heterocycles. The summed E-state index contributed by atoms with van der Waals surface area (Å²) in [6, 6.07) is 3.89. The van der Waals surface area contributed by atoms with Crippen molar-refractivity contribution in [3.05, 3.63) is 29.3 Å². The SMILES string of the molecule is COCOc1ccc(C)cc1C(F)(F)F. The molecule has 0 radical (unpaired) electrons. The first-order valence-electron chi connectivity index (χ1n) is 4.24. The minimum Gasteiger partial charge on any atom is -0.467 e. The molecular formula is C10H11F3O2. The Kier molecular flexibility index (Phi) is 3.57. The van der Waals surface area contributed by atoms with Gasteiger partial charge in [0.15, 0.2) is 6.79 Å². The fourth-order valence-electron chi connectivity index (χ4n) is 1.11. The van der Waals surface area contributed by atoms with Crippen molar-refractivity contribution in [3.63, 3.8) is 0 Å². The highest BCUT2D eigenvalue weighted by atomic mass is 19.4. The molecule has 0 saturated heterocycles. The van der Waals surface area contributed by atoms with Crippen molar-refractivity contribution in [2.24, 2.45) is 0 Å². The molecule has 0 bridgehead atoms. The largest absolute Gasteiger partial charge is 0.467 e. The summed E-state index contributed by atoms with van der Waals surface area (Å²) in [4.78, 5) is 0. The molecule has 15 heavy (non-hydrogen) atoms. The molecule has 2 nitrogen and oxygen atoms in total. The summed E-state index contributed by atoms with van der Waals surface area (Å²) in [5.74, 6) is -0.213. The Bertz CT molecular complexity index is 334. The lowest BCUT2D eigenvalue weighted by Crippen LogP contribution is -2.10. The fraction of sp³-hybridized carbons (Fsp3) is 0.400. The van der Waals surface area contributed by atoms with Gasteiger partial charge in [-0.3, -0.25) is 0 Å². The van der Waals surface area contributed by atoms with Gasteiger partial charge in [-0.1, -0.05) is 11.6 Å². The molecule has 0 N–H and O–H groups in total. The highest BCUT2D eigenvalue weighted by Crippen LogP contribution is 2.36. The summed E-state index contributed by atoms with van der Waals surface area (Å²) in [5, 5.41) is 0. The number of rotatable bonds is 3. The Morgan fingerprint density at radius 1 is 1.27 bits per heavy atom. The van der Waals surface area contributed by atoms with Crippen molar-refractivity contribution in [1.29, 1.82) is 0 Å². The van der Waals surface area contributed by atoms with Crippen LogP contribution < -0.4 is 4.74 Å². The average molecular weight is 220 g/mol. The number of halogens is 3. The Morgan fingerprint density at radius 2 is 1.93 bits per heavy atom. The van der Waals surface area contributed by atoms with Crippen LogP contribution in [0.1, 0.15) is 11.1 Å². The van der Waals surface area contributed by atoms with E-state index in [1.165, 1.54) is 13.2 Å². The van der Waals surface area contributed by atoms with Gasteiger partial charge in [-0.05, 0) is 19.1 Å². The van der Waals surface area contributed by atoms with Crippen molar-refractivity contribution in [2.45, 2.75) is 13.1 Å². The average Bonchev–Trinajstić information content (AvgIpc) is 2.14. The zero-order chi connectivity index (χ0) is 11.5. The van der Waals surface area contributed by atoms with Crippen LogP contribution >= 0.6 is 0 Å². The Morgan fingerprint density at radius 3 is 2.47 bits per heavy atom. The van der Waals surface area contributed by atoms with Crippen molar-refractivity contribution < 1.29 is 22.6 Å². The van der Waals surface area contributed by atoms with Gasteiger partial charge in [0.05, 0.1) is 5.56 Å². The smallest absolute Gasteiger partial charge is 0.419 e. The zero-order valence-electron chi connectivity index (χ0n) is 8.39. The number of methoxy groups -OCH3 is 1. The minimum absolute atomic E-state index is 0.202. The molecule has 0 aliphatic rings. The molecule has 0 heterocycles. The van der Waals surface area contributed by atoms with Gasteiger partial charge in [-0.2, -0.15) is 13.2 Å². The maximum absolute atomic E-state index is 12.5. The predicted octanol–water partition coefficient (Wildman–Crippen LogP) is 3.00. The lowest BCUT2D eigenvalue weighted by atomic mass is 10.1. The fourth-order valence-corrected chi connectivity index (χ4v) is 1.11. The van der Waals surface area contributed by atoms with E-state index in [0.717, 1.165) is 6.07 Å². The normalized spacial score (nSPS) is 11.5. The van der Waals surface area contributed by atoms with Crippen molar-refractivity contribution in [3.8, 4) is 5.75 Å². The van der Waals surface area contributed by atoms with Crippen LogP contribution in [-0.4, -0.2) is 13.9 Å². The van der Waals surface area contributed by atoms with Crippen LogP contribution in [0.5, 0.6) is 5.75 Å². The minimum atomic E-state index is -4.41. The monoisotopic (exact) mass is 220 g/mol. The summed E-state index contributed by atoms with van der Waals surface area (Å²) in [5.41, 5.74) is -0.244. The van der Waals surface area contributed by atoms with Crippen LogP contribution in [0.3, 0.4) is 0 Å². The van der Waals surface area contributed by atoms with E-state index in [4.69, 9.17) is 4.74 Å². The first kappa shape index (κ1) is 11.8. The van der Waals surface area contributed by atoms with E-state index in [1.54, 1.807) is 13.0 Å². The second-order valence-corrected chi connectivity index (χ2v) is 3.05. The molecule has 0 fully saturated rings.